The fourth-order valence-corrected chi connectivity index (χ4v) is 1.38. The van der Waals surface area contributed by atoms with Gasteiger partial charge in [0, 0.05) is 9.82 Å². The van der Waals surface area contributed by atoms with Crippen LogP contribution in [-0.4, -0.2) is 31.1 Å². The van der Waals surface area contributed by atoms with E-state index in [4.69, 9.17) is 20.5 Å². The third-order valence-corrected chi connectivity index (χ3v) is 2.03. The van der Waals surface area contributed by atoms with Crippen LogP contribution >= 0.6 is 0 Å². The van der Waals surface area contributed by atoms with Crippen molar-refractivity contribution < 1.29 is 9.47 Å². The molecular formula is C9H14N6O2. The molecule has 0 fully saturated rings. The molecule has 0 spiro atoms. The monoisotopic (exact) mass is 238 g/mol. The quantitative estimate of drug-likeness (QED) is 0.317. The molecule has 0 radical (unpaired) electrons. The standard InChI is InChI=1S/C9H14N6O2/c1-6(2)16-9-8(13-15-11)4-3-7(17-9)5-12-14-10/h3-4,6-9H,5H2,1-2H3/t7-,8-,9-/m0/s1. The second-order valence-electron chi connectivity index (χ2n) is 3.72. The average molecular weight is 238 g/mol. The van der Waals surface area contributed by atoms with Gasteiger partial charge in [0.2, 0.25) is 0 Å². The molecule has 0 unspecified atom stereocenters. The zero-order chi connectivity index (χ0) is 12.7. The predicted octanol–water partition coefficient (Wildman–Crippen LogP) is 2.68. The van der Waals surface area contributed by atoms with E-state index < -0.39 is 12.3 Å². The Hall–Kier alpha value is -1.72. The summed E-state index contributed by atoms with van der Waals surface area (Å²) in [6, 6.07) is -0.496. The minimum Gasteiger partial charge on any atom is -0.349 e. The van der Waals surface area contributed by atoms with Gasteiger partial charge in [0.25, 0.3) is 0 Å². The van der Waals surface area contributed by atoms with Crippen molar-refractivity contribution in [2.45, 2.75) is 38.4 Å². The van der Waals surface area contributed by atoms with Crippen LogP contribution in [0.4, 0.5) is 0 Å². The molecule has 0 aromatic carbocycles. The second kappa shape index (κ2) is 6.78. The summed E-state index contributed by atoms with van der Waals surface area (Å²) >= 11 is 0. The molecule has 0 N–H and O–H groups in total. The maximum absolute atomic E-state index is 8.42. The van der Waals surface area contributed by atoms with Crippen molar-refractivity contribution in [1.82, 2.24) is 0 Å². The number of hydrogen-bond acceptors (Lipinski definition) is 4. The fraction of sp³-hybridized carbons (Fsp3) is 0.778. The highest BCUT2D eigenvalue weighted by Crippen LogP contribution is 2.19. The second-order valence-corrected chi connectivity index (χ2v) is 3.72. The van der Waals surface area contributed by atoms with E-state index in [2.05, 4.69) is 20.1 Å². The summed E-state index contributed by atoms with van der Waals surface area (Å²) in [4.78, 5) is 5.40. The van der Waals surface area contributed by atoms with Crippen LogP contribution in [-0.2, 0) is 9.47 Å². The van der Waals surface area contributed by atoms with Gasteiger partial charge in [0.15, 0.2) is 6.29 Å². The summed E-state index contributed by atoms with van der Waals surface area (Å²) in [6.45, 7) is 3.91. The first-order valence-corrected chi connectivity index (χ1v) is 5.21. The van der Waals surface area contributed by atoms with Crippen molar-refractivity contribution in [2.75, 3.05) is 6.54 Å². The van der Waals surface area contributed by atoms with Crippen LogP contribution in [0.15, 0.2) is 22.4 Å². The average Bonchev–Trinajstić information content (AvgIpc) is 2.29. The summed E-state index contributed by atoms with van der Waals surface area (Å²) in [7, 11) is 0. The SMILES string of the molecule is CC(C)O[C@H]1O[C@H](CN=[N+]=[N-])C=C[C@@H]1N=[N+]=[N-]. The molecule has 1 aliphatic rings. The zero-order valence-corrected chi connectivity index (χ0v) is 9.67. The van der Waals surface area contributed by atoms with Gasteiger partial charge in [-0.1, -0.05) is 22.4 Å². The Morgan fingerprint density at radius 2 is 2.12 bits per heavy atom. The zero-order valence-electron chi connectivity index (χ0n) is 9.67. The largest absolute Gasteiger partial charge is 0.349 e. The molecule has 0 amide bonds. The lowest BCUT2D eigenvalue weighted by Crippen LogP contribution is -2.38. The Bertz CT molecular complexity index is 370. The van der Waals surface area contributed by atoms with Gasteiger partial charge in [-0.15, -0.1) is 0 Å². The van der Waals surface area contributed by atoms with Gasteiger partial charge in [-0.05, 0) is 24.9 Å². The molecule has 0 saturated heterocycles. The molecule has 92 valence electrons. The van der Waals surface area contributed by atoms with Gasteiger partial charge >= 0.3 is 0 Å². The summed E-state index contributed by atoms with van der Waals surface area (Å²) in [5, 5.41) is 7.00. The van der Waals surface area contributed by atoms with Gasteiger partial charge in [-0.2, -0.15) is 0 Å². The Balaban J connectivity index is 2.72. The van der Waals surface area contributed by atoms with Crippen LogP contribution in [0, 0.1) is 0 Å². The molecule has 17 heavy (non-hydrogen) atoms. The topological polar surface area (TPSA) is 116 Å². The lowest BCUT2D eigenvalue weighted by atomic mass is 10.1. The highest BCUT2D eigenvalue weighted by Gasteiger charge is 2.27. The summed E-state index contributed by atoms with van der Waals surface area (Å²) in [5.74, 6) is 0. The first kappa shape index (κ1) is 13.3. The minimum atomic E-state index is -0.644. The molecule has 0 bridgehead atoms. The molecule has 0 saturated carbocycles. The maximum atomic E-state index is 8.42. The lowest BCUT2D eigenvalue weighted by Gasteiger charge is -2.30. The lowest BCUT2D eigenvalue weighted by molar-refractivity contribution is -0.185. The first-order valence-electron chi connectivity index (χ1n) is 5.21. The number of hydrogen-bond donors (Lipinski definition) is 0. The number of ether oxygens (including phenoxy) is 2. The van der Waals surface area contributed by atoms with Crippen molar-refractivity contribution in [1.29, 1.82) is 0 Å². The van der Waals surface area contributed by atoms with E-state index >= 15 is 0 Å². The molecule has 1 heterocycles. The summed E-state index contributed by atoms with van der Waals surface area (Å²) in [5.41, 5.74) is 16.6. The molecule has 8 heteroatoms. The van der Waals surface area contributed by atoms with Gasteiger partial charge in [-0.25, -0.2) is 0 Å². The minimum absolute atomic E-state index is 0.0528. The number of azide groups is 2. The van der Waals surface area contributed by atoms with Crippen LogP contribution in [0.5, 0.6) is 0 Å². The molecule has 8 nitrogen and oxygen atoms in total. The van der Waals surface area contributed by atoms with Crippen molar-refractivity contribution >= 4 is 0 Å². The number of nitrogens with zero attached hydrogens (tertiary/aromatic N) is 6. The Morgan fingerprint density at radius 3 is 2.71 bits per heavy atom. The molecule has 0 aromatic heterocycles. The normalized spacial score (nSPS) is 27.4. The smallest absolute Gasteiger partial charge is 0.170 e. The Kier molecular flexibility index (Phi) is 5.32. The highest BCUT2D eigenvalue weighted by molar-refractivity contribution is 5.04. The van der Waals surface area contributed by atoms with Crippen molar-refractivity contribution in [3.63, 3.8) is 0 Å². The van der Waals surface area contributed by atoms with Crippen LogP contribution in [0.1, 0.15) is 13.8 Å². The van der Waals surface area contributed by atoms with E-state index in [1.54, 1.807) is 12.2 Å². The first-order chi connectivity index (χ1) is 8.17. The molecule has 0 aliphatic carbocycles. The molecule has 3 atom stereocenters. The van der Waals surface area contributed by atoms with Gasteiger partial charge in [0.1, 0.15) is 6.04 Å². The van der Waals surface area contributed by atoms with E-state index in [0.29, 0.717) is 0 Å². The van der Waals surface area contributed by atoms with E-state index in [-0.39, 0.29) is 18.8 Å². The molecular weight excluding hydrogens is 224 g/mol. The Morgan fingerprint density at radius 1 is 1.35 bits per heavy atom. The van der Waals surface area contributed by atoms with Crippen LogP contribution < -0.4 is 0 Å². The predicted molar refractivity (Wildman–Crippen MR) is 61.0 cm³/mol. The van der Waals surface area contributed by atoms with Gasteiger partial charge in [-0.3, -0.25) is 0 Å². The van der Waals surface area contributed by atoms with E-state index in [0.717, 1.165) is 0 Å². The molecule has 1 aliphatic heterocycles. The summed E-state index contributed by atoms with van der Waals surface area (Å²) in [6.07, 6.45) is 2.36. The van der Waals surface area contributed by atoms with E-state index in [1.165, 1.54) is 0 Å². The van der Waals surface area contributed by atoms with Gasteiger partial charge in [0.05, 0.1) is 18.8 Å². The van der Waals surface area contributed by atoms with Crippen molar-refractivity contribution in [2.24, 2.45) is 10.2 Å². The van der Waals surface area contributed by atoms with E-state index in [9.17, 15) is 0 Å². The third kappa shape index (κ3) is 4.34. The Labute approximate surface area is 98.5 Å². The highest BCUT2D eigenvalue weighted by atomic mass is 16.7. The molecule has 0 aromatic rings. The van der Waals surface area contributed by atoms with Crippen LogP contribution in [0.2, 0.25) is 0 Å². The summed E-state index contributed by atoms with van der Waals surface area (Å²) < 4.78 is 11.0. The van der Waals surface area contributed by atoms with Crippen molar-refractivity contribution in [3.05, 3.63) is 33.0 Å². The maximum Gasteiger partial charge on any atom is 0.170 e. The third-order valence-electron chi connectivity index (χ3n) is 2.03. The van der Waals surface area contributed by atoms with E-state index in [1.807, 2.05) is 13.8 Å². The van der Waals surface area contributed by atoms with Crippen molar-refractivity contribution in [3.8, 4) is 0 Å². The van der Waals surface area contributed by atoms with Crippen LogP contribution in [0.25, 0.3) is 20.9 Å². The number of rotatable bonds is 5. The van der Waals surface area contributed by atoms with Crippen LogP contribution in [0.3, 0.4) is 0 Å². The van der Waals surface area contributed by atoms with Gasteiger partial charge < -0.3 is 9.47 Å². The molecule has 1 rings (SSSR count). The fourth-order valence-electron chi connectivity index (χ4n) is 1.38.